The Kier molecular flexibility index (Phi) is 6.32. The zero-order valence-electron chi connectivity index (χ0n) is 17.0. The summed E-state index contributed by atoms with van der Waals surface area (Å²) in [6, 6.07) is 15.9. The van der Waals surface area contributed by atoms with Gasteiger partial charge in [0.1, 0.15) is 11.3 Å². The molecule has 32 heavy (non-hydrogen) atoms. The van der Waals surface area contributed by atoms with E-state index in [4.69, 9.17) is 44.6 Å². The highest BCUT2D eigenvalue weighted by atomic mass is 35.5. The van der Waals surface area contributed by atoms with Crippen LogP contribution in [0.5, 0.6) is 5.75 Å². The van der Waals surface area contributed by atoms with Crippen molar-refractivity contribution < 1.29 is 13.9 Å². The Hall–Kier alpha value is -3.13. The standard InChI is InChI=1S/C23H17Cl2N3O3S/c1-12-4-3-5-16(19(12)30-2)21(29)28-23(32)26-15-8-6-13(7-9-15)22-27-18-11-14(24)10-17(25)20(18)31-22/h3-11H,1-2H3,(H2,26,28,29,32). The van der Waals surface area contributed by atoms with Crippen molar-refractivity contribution in [3.8, 4) is 17.2 Å². The molecule has 1 amide bonds. The van der Waals surface area contributed by atoms with E-state index in [1.807, 2.05) is 25.1 Å². The molecule has 1 heterocycles. The lowest BCUT2D eigenvalue weighted by Crippen LogP contribution is -2.34. The van der Waals surface area contributed by atoms with Crippen LogP contribution in [0.2, 0.25) is 10.0 Å². The number of rotatable bonds is 4. The van der Waals surface area contributed by atoms with Crippen molar-refractivity contribution in [2.24, 2.45) is 0 Å². The number of oxazole rings is 1. The molecule has 0 radical (unpaired) electrons. The van der Waals surface area contributed by atoms with E-state index >= 15 is 0 Å². The number of carbonyl (C=O) groups is 1. The molecule has 0 fully saturated rings. The van der Waals surface area contributed by atoms with Crippen molar-refractivity contribution in [1.82, 2.24) is 10.3 Å². The summed E-state index contributed by atoms with van der Waals surface area (Å²) >= 11 is 17.5. The molecule has 0 bridgehead atoms. The van der Waals surface area contributed by atoms with Crippen LogP contribution in [-0.4, -0.2) is 23.1 Å². The van der Waals surface area contributed by atoms with Crippen LogP contribution in [0.15, 0.2) is 59.0 Å². The van der Waals surface area contributed by atoms with E-state index in [0.717, 1.165) is 11.1 Å². The van der Waals surface area contributed by atoms with Crippen molar-refractivity contribution in [3.63, 3.8) is 0 Å². The molecule has 162 valence electrons. The normalized spacial score (nSPS) is 10.8. The van der Waals surface area contributed by atoms with E-state index in [-0.39, 0.29) is 11.0 Å². The Labute approximate surface area is 199 Å². The highest BCUT2D eigenvalue weighted by Gasteiger charge is 2.16. The number of thiocarbonyl (C=S) groups is 1. The molecule has 3 aromatic carbocycles. The smallest absolute Gasteiger partial charge is 0.261 e. The number of para-hydroxylation sites is 1. The number of aromatic nitrogens is 1. The van der Waals surface area contributed by atoms with Gasteiger partial charge >= 0.3 is 0 Å². The average molecular weight is 486 g/mol. The van der Waals surface area contributed by atoms with Crippen molar-refractivity contribution in [1.29, 1.82) is 0 Å². The fraction of sp³-hybridized carbons (Fsp3) is 0.0870. The van der Waals surface area contributed by atoms with Crippen LogP contribution in [0.1, 0.15) is 15.9 Å². The van der Waals surface area contributed by atoms with Crippen LogP contribution in [-0.2, 0) is 0 Å². The predicted octanol–water partition coefficient (Wildman–Crippen LogP) is 6.25. The lowest BCUT2D eigenvalue weighted by atomic mass is 10.1. The van der Waals surface area contributed by atoms with Gasteiger partial charge in [-0.25, -0.2) is 4.98 Å². The van der Waals surface area contributed by atoms with Crippen LogP contribution in [0.25, 0.3) is 22.6 Å². The van der Waals surface area contributed by atoms with Crippen molar-refractivity contribution in [2.75, 3.05) is 12.4 Å². The minimum atomic E-state index is -0.360. The SMILES string of the molecule is COc1c(C)cccc1C(=O)NC(=S)Nc1ccc(-c2nc3cc(Cl)cc(Cl)c3o2)cc1. The van der Waals surface area contributed by atoms with Gasteiger partial charge in [-0.2, -0.15) is 0 Å². The largest absolute Gasteiger partial charge is 0.496 e. The molecule has 0 spiro atoms. The molecule has 0 saturated heterocycles. The van der Waals surface area contributed by atoms with Gasteiger partial charge in [-0.3, -0.25) is 10.1 Å². The van der Waals surface area contributed by atoms with Crippen molar-refractivity contribution >= 4 is 63.2 Å². The quantitative estimate of drug-likeness (QED) is 0.333. The Morgan fingerprint density at radius 2 is 1.88 bits per heavy atom. The zero-order chi connectivity index (χ0) is 22.8. The molecule has 0 saturated carbocycles. The third-order valence-electron chi connectivity index (χ3n) is 4.69. The maximum absolute atomic E-state index is 12.6. The summed E-state index contributed by atoms with van der Waals surface area (Å²) in [7, 11) is 1.52. The molecule has 2 N–H and O–H groups in total. The van der Waals surface area contributed by atoms with Crippen molar-refractivity contribution in [3.05, 3.63) is 75.8 Å². The van der Waals surface area contributed by atoms with Crippen LogP contribution in [0.3, 0.4) is 0 Å². The molecule has 0 aliphatic heterocycles. The molecule has 4 rings (SSSR count). The van der Waals surface area contributed by atoms with Crippen molar-refractivity contribution in [2.45, 2.75) is 6.92 Å². The summed E-state index contributed by atoms with van der Waals surface area (Å²) in [5.41, 5.74) is 3.75. The van der Waals surface area contributed by atoms with Gasteiger partial charge in [0.05, 0.1) is 17.7 Å². The highest BCUT2D eigenvalue weighted by molar-refractivity contribution is 7.80. The van der Waals surface area contributed by atoms with Gasteiger partial charge in [0.25, 0.3) is 5.91 Å². The molecular formula is C23H17Cl2N3O3S. The van der Waals surface area contributed by atoms with E-state index in [1.54, 1.807) is 36.4 Å². The van der Waals surface area contributed by atoms with Gasteiger partial charge in [0.2, 0.25) is 5.89 Å². The second-order valence-corrected chi connectivity index (χ2v) is 8.15. The van der Waals surface area contributed by atoms with E-state index in [9.17, 15) is 4.79 Å². The van der Waals surface area contributed by atoms with Crippen LogP contribution >= 0.6 is 35.4 Å². The molecule has 0 unspecified atom stereocenters. The summed E-state index contributed by atoms with van der Waals surface area (Å²) in [4.78, 5) is 17.0. The van der Waals surface area contributed by atoms with Gasteiger partial charge in [-0.15, -0.1) is 0 Å². The maximum Gasteiger partial charge on any atom is 0.261 e. The number of hydrogen-bond acceptors (Lipinski definition) is 5. The van der Waals surface area contributed by atoms with Gasteiger partial charge in [-0.05, 0) is 67.2 Å². The first-order valence-corrected chi connectivity index (χ1v) is 10.6. The fourth-order valence-corrected chi connectivity index (χ4v) is 3.95. The lowest BCUT2D eigenvalue weighted by Gasteiger charge is -2.13. The first-order valence-electron chi connectivity index (χ1n) is 9.47. The Balaban J connectivity index is 1.46. The van der Waals surface area contributed by atoms with E-state index in [1.165, 1.54) is 7.11 Å². The number of nitrogens with zero attached hydrogens (tertiary/aromatic N) is 1. The molecule has 0 aliphatic carbocycles. The van der Waals surface area contributed by atoms with Gasteiger partial charge in [0, 0.05) is 16.3 Å². The molecular weight excluding hydrogens is 469 g/mol. The molecule has 9 heteroatoms. The van der Waals surface area contributed by atoms with Gasteiger partial charge in [0.15, 0.2) is 10.7 Å². The third-order valence-corrected chi connectivity index (χ3v) is 5.39. The second-order valence-electron chi connectivity index (χ2n) is 6.90. The Morgan fingerprint density at radius 1 is 1.12 bits per heavy atom. The minimum absolute atomic E-state index is 0.162. The minimum Gasteiger partial charge on any atom is -0.496 e. The summed E-state index contributed by atoms with van der Waals surface area (Å²) in [6.07, 6.45) is 0. The number of benzene rings is 3. The molecule has 6 nitrogen and oxygen atoms in total. The second kappa shape index (κ2) is 9.16. The third kappa shape index (κ3) is 4.55. The lowest BCUT2D eigenvalue weighted by molar-refractivity contribution is 0.0974. The van der Waals surface area contributed by atoms with Crippen LogP contribution in [0.4, 0.5) is 5.69 Å². The highest BCUT2D eigenvalue weighted by Crippen LogP contribution is 2.32. The first-order chi connectivity index (χ1) is 15.4. The van der Waals surface area contributed by atoms with Crippen LogP contribution < -0.4 is 15.4 Å². The molecule has 0 aliphatic rings. The average Bonchev–Trinajstić information content (AvgIpc) is 3.18. The Bertz CT molecular complexity index is 1340. The molecule has 1 aromatic heterocycles. The number of ether oxygens (including phenoxy) is 1. The summed E-state index contributed by atoms with van der Waals surface area (Å²) < 4.78 is 11.1. The number of halogens is 2. The number of nitrogens with one attached hydrogen (secondary N) is 2. The summed E-state index contributed by atoms with van der Waals surface area (Å²) in [5.74, 6) is 0.566. The summed E-state index contributed by atoms with van der Waals surface area (Å²) in [6.45, 7) is 1.87. The molecule has 4 aromatic rings. The van der Waals surface area contributed by atoms with Gasteiger partial charge in [-0.1, -0.05) is 35.3 Å². The predicted molar refractivity (Wildman–Crippen MR) is 131 cm³/mol. The number of anilines is 1. The van der Waals surface area contributed by atoms with E-state index in [0.29, 0.717) is 44.0 Å². The number of aryl methyl sites for hydroxylation is 1. The number of fused-ring (bicyclic) bond motifs is 1. The van der Waals surface area contributed by atoms with Crippen LogP contribution in [0, 0.1) is 6.92 Å². The molecule has 0 atom stereocenters. The number of methoxy groups -OCH3 is 1. The number of hydrogen-bond donors (Lipinski definition) is 2. The summed E-state index contributed by atoms with van der Waals surface area (Å²) in [5, 5.41) is 6.70. The van der Waals surface area contributed by atoms with Gasteiger partial charge < -0.3 is 14.5 Å². The number of carbonyl (C=O) groups excluding carboxylic acids is 1. The van der Waals surface area contributed by atoms with E-state index in [2.05, 4.69) is 15.6 Å². The maximum atomic E-state index is 12.6. The number of amides is 1. The zero-order valence-corrected chi connectivity index (χ0v) is 19.4. The van der Waals surface area contributed by atoms with E-state index < -0.39 is 0 Å². The monoisotopic (exact) mass is 485 g/mol. The topological polar surface area (TPSA) is 76.4 Å². The Morgan fingerprint density at radius 3 is 2.59 bits per heavy atom. The fourth-order valence-electron chi connectivity index (χ4n) is 3.21. The first kappa shape index (κ1) is 22.1.